The summed E-state index contributed by atoms with van der Waals surface area (Å²) >= 11 is 0. The van der Waals surface area contributed by atoms with E-state index < -0.39 is 0 Å². The summed E-state index contributed by atoms with van der Waals surface area (Å²) in [4.78, 5) is 63.1. The summed E-state index contributed by atoms with van der Waals surface area (Å²) in [6.45, 7) is 14.1. The van der Waals surface area contributed by atoms with Gasteiger partial charge in [-0.3, -0.25) is 19.9 Å². The molecule has 0 aliphatic carbocycles. The van der Waals surface area contributed by atoms with Crippen LogP contribution in [0.3, 0.4) is 0 Å². The molecule has 0 radical (unpaired) electrons. The van der Waals surface area contributed by atoms with Gasteiger partial charge in [-0.1, -0.05) is 45.9 Å². The van der Waals surface area contributed by atoms with Crippen LogP contribution in [0, 0.1) is 0 Å². The molecule has 0 atom stereocenters. The number of methoxy groups -OCH3 is 4. The topological polar surface area (TPSA) is 157 Å². The number of aryl methyl sites for hydroxylation is 1. The standard InChI is InChI=1S/C14H15NO2.C14H13NO2.C14H15NO2.C14H13NO2/c2*1-9(2)12-7-11-6-10(14(16)17-3)4-5-13(11)15-8-12;2*1-3-4-10-7-12-8-11(14(16)17-2)5-6-13(12)15-9-10/h4-9H,1-3H3;4-8H,1H2,2-3H3;5-9H,3-4H2,1-2H3;3-9H,1-2H3/b;;;4-3+. The molecular formula is C56H56N4O8. The molecule has 348 valence electrons. The fourth-order valence-corrected chi connectivity index (χ4v) is 6.84. The summed E-state index contributed by atoms with van der Waals surface area (Å²) in [5, 5.41) is 3.80. The second-order valence-electron chi connectivity index (χ2n) is 15.9. The molecular weight excluding hydrogens is 857 g/mol. The Labute approximate surface area is 396 Å². The molecule has 0 bridgehead atoms. The third kappa shape index (κ3) is 13.5. The highest BCUT2D eigenvalue weighted by Gasteiger charge is 2.11. The highest BCUT2D eigenvalue weighted by molar-refractivity contribution is 5.97. The van der Waals surface area contributed by atoms with Crippen LogP contribution in [-0.4, -0.2) is 72.3 Å². The van der Waals surface area contributed by atoms with Crippen LogP contribution in [0.1, 0.15) is 111 Å². The molecule has 0 aliphatic heterocycles. The maximum absolute atomic E-state index is 11.4. The number of hydrogen-bond donors (Lipinski definition) is 0. The molecule has 0 fully saturated rings. The first kappa shape index (κ1) is 50.9. The zero-order valence-corrected chi connectivity index (χ0v) is 40.0. The van der Waals surface area contributed by atoms with Gasteiger partial charge in [0.2, 0.25) is 0 Å². The Balaban J connectivity index is 0.000000169. The number of ether oxygens (including phenoxy) is 4. The molecule has 0 unspecified atom stereocenters. The van der Waals surface area contributed by atoms with Crippen LogP contribution in [0.25, 0.3) is 55.3 Å². The highest BCUT2D eigenvalue weighted by atomic mass is 16.5. The van der Waals surface area contributed by atoms with Crippen molar-refractivity contribution < 1.29 is 38.1 Å². The van der Waals surface area contributed by atoms with Crippen molar-refractivity contribution in [3.8, 4) is 0 Å². The minimum Gasteiger partial charge on any atom is -0.465 e. The van der Waals surface area contributed by atoms with Gasteiger partial charge in [0.1, 0.15) is 0 Å². The summed E-state index contributed by atoms with van der Waals surface area (Å²) < 4.78 is 18.8. The lowest BCUT2D eigenvalue weighted by atomic mass is 10.0. The zero-order chi connectivity index (χ0) is 49.3. The predicted octanol–water partition coefficient (Wildman–Crippen LogP) is 12.2. The van der Waals surface area contributed by atoms with Crippen molar-refractivity contribution in [3.05, 3.63) is 179 Å². The summed E-state index contributed by atoms with van der Waals surface area (Å²) in [5.41, 5.74) is 11.0. The number of rotatable bonds is 9. The first-order chi connectivity index (χ1) is 32.7. The van der Waals surface area contributed by atoms with Gasteiger partial charge in [-0.05, 0) is 151 Å². The average Bonchev–Trinajstić information content (AvgIpc) is 3.37. The van der Waals surface area contributed by atoms with Crippen LogP contribution >= 0.6 is 0 Å². The van der Waals surface area contributed by atoms with Gasteiger partial charge in [0.15, 0.2) is 0 Å². The molecule has 0 amide bonds. The number of esters is 4. The van der Waals surface area contributed by atoms with E-state index in [-0.39, 0.29) is 23.9 Å². The first-order valence-corrected chi connectivity index (χ1v) is 21.9. The Morgan fingerprint density at radius 3 is 1.32 bits per heavy atom. The minimum absolute atomic E-state index is 0.312. The van der Waals surface area contributed by atoms with Crippen molar-refractivity contribution in [2.24, 2.45) is 0 Å². The molecule has 68 heavy (non-hydrogen) atoms. The van der Waals surface area contributed by atoms with E-state index in [1.807, 2.05) is 86.9 Å². The molecule has 0 N–H and O–H groups in total. The van der Waals surface area contributed by atoms with Crippen LogP contribution < -0.4 is 0 Å². The number of hydrogen-bond acceptors (Lipinski definition) is 12. The molecule has 8 rings (SSSR count). The predicted molar refractivity (Wildman–Crippen MR) is 270 cm³/mol. The second-order valence-corrected chi connectivity index (χ2v) is 15.9. The van der Waals surface area contributed by atoms with Gasteiger partial charge in [-0.15, -0.1) is 0 Å². The molecule has 12 nitrogen and oxygen atoms in total. The lowest BCUT2D eigenvalue weighted by molar-refractivity contribution is 0.0592. The molecule has 0 aliphatic rings. The van der Waals surface area contributed by atoms with Gasteiger partial charge in [0.05, 0.1) is 72.8 Å². The van der Waals surface area contributed by atoms with Crippen molar-refractivity contribution in [2.45, 2.75) is 53.4 Å². The van der Waals surface area contributed by atoms with E-state index in [1.54, 1.807) is 48.8 Å². The van der Waals surface area contributed by atoms with Gasteiger partial charge in [-0.2, -0.15) is 0 Å². The maximum Gasteiger partial charge on any atom is 0.337 e. The number of allylic oxidation sites excluding steroid dienone is 2. The lowest BCUT2D eigenvalue weighted by Gasteiger charge is -2.07. The summed E-state index contributed by atoms with van der Waals surface area (Å²) in [5.74, 6) is -0.876. The van der Waals surface area contributed by atoms with E-state index in [4.69, 9.17) is 9.47 Å². The van der Waals surface area contributed by atoms with Crippen molar-refractivity contribution in [1.29, 1.82) is 0 Å². The van der Waals surface area contributed by atoms with E-state index >= 15 is 0 Å². The van der Waals surface area contributed by atoms with Crippen LogP contribution in [0.5, 0.6) is 0 Å². The third-order valence-corrected chi connectivity index (χ3v) is 10.6. The number of pyridine rings is 4. The van der Waals surface area contributed by atoms with Gasteiger partial charge in [0.25, 0.3) is 0 Å². The van der Waals surface area contributed by atoms with Crippen molar-refractivity contribution in [1.82, 2.24) is 19.9 Å². The number of nitrogens with zero attached hydrogens (tertiary/aromatic N) is 4. The van der Waals surface area contributed by atoms with Gasteiger partial charge < -0.3 is 18.9 Å². The number of carbonyl (C=O) groups is 4. The summed E-state index contributed by atoms with van der Waals surface area (Å²) in [6, 6.07) is 29.5. The van der Waals surface area contributed by atoms with Gasteiger partial charge in [0, 0.05) is 46.3 Å². The number of benzene rings is 4. The van der Waals surface area contributed by atoms with E-state index in [2.05, 4.69) is 68.9 Å². The smallest absolute Gasteiger partial charge is 0.337 e. The van der Waals surface area contributed by atoms with Crippen LogP contribution in [0.4, 0.5) is 0 Å². The number of carbonyl (C=O) groups excluding carboxylic acids is 4. The van der Waals surface area contributed by atoms with E-state index in [1.165, 1.54) is 39.6 Å². The minimum atomic E-state index is -0.340. The third-order valence-electron chi connectivity index (χ3n) is 10.6. The fourth-order valence-electron chi connectivity index (χ4n) is 6.84. The normalized spacial score (nSPS) is 10.6. The fraction of sp³-hybridized carbons (Fsp3) is 0.214. The summed E-state index contributed by atoms with van der Waals surface area (Å²) in [7, 11) is 5.52. The Morgan fingerprint density at radius 2 is 0.912 bits per heavy atom. The van der Waals surface area contributed by atoms with Crippen molar-refractivity contribution in [3.63, 3.8) is 0 Å². The molecule has 4 aromatic carbocycles. The van der Waals surface area contributed by atoms with Gasteiger partial charge in [-0.25, -0.2) is 19.2 Å². The molecule has 0 spiro atoms. The quantitative estimate of drug-likeness (QED) is 0.0998. The Kier molecular flexibility index (Phi) is 18.3. The Morgan fingerprint density at radius 1 is 0.529 bits per heavy atom. The largest absolute Gasteiger partial charge is 0.465 e. The molecule has 4 aromatic heterocycles. The molecule has 12 heteroatoms. The Hall–Kier alpha value is -8.12. The second kappa shape index (κ2) is 24.4. The highest BCUT2D eigenvalue weighted by Crippen LogP contribution is 2.23. The van der Waals surface area contributed by atoms with E-state index in [0.29, 0.717) is 28.2 Å². The first-order valence-electron chi connectivity index (χ1n) is 21.9. The van der Waals surface area contributed by atoms with Crippen LogP contribution in [0.15, 0.2) is 135 Å². The molecule has 0 saturated heterocycles. The van der Waals surface area contributed by atoms with Crippen LogP contribution in [-0.2, 0) is 25.4 Å². The van der Waals surface area contributed by atoms with Crippen LogP contribution in [0.2, 0.25) is 0 Å². The van der Waals surface area contributed by atoms with Crippen molar-refractivity contribution in [2.75, 3.05) is 28.4 Å². The van der Waals surface area contributed by atoms with Crippen molar-refractivity contribution >= 4 is 79.1 Å². The SMILES string of the molecule is C/C=C/c1cnc2ccc(C(=O)OC)cc2c1.C=C(C)c1cnc2ccc(C(=O)OC)cc2c1.CCCc1cnc2ccc(C(=O)OC)cc2c1.COC(=O)c1ccc2ncc(C(C)C)cc2c1. The monoisotopic (exact) mass is 912 g/mol. The number of fused-ring (bicyclic) bond motifs is 4. The molecule has 0 saturated carbocycles. The zero-order valence-electron chi connectivity index (χ0n) is 40.0. The summed E-state index contributed by atoms with van der Waals surface area (Å²) in [6.07, 6.45) is 13.4. The Bertz CT molecular complexity index is 3140. The molecule has 8 aromatic rings. The maximum atomic E-state index is 11.4. The number of aromatic nitrogens is 4. The lowest BCUT2D eigenvalue weighted by Crippen LogP contribution is -2.01. The average molecular weight is 913 g/mol. The molecule has 4 heterocycles. The van der Waals surface area contributed by atoms with E-state index in [9.17, 15) is 19.2 Å². The van der Waals surface area contributed by atoms with Gasteiger partial charge >= 0.3 is 23.9 Å². The van der Waals surface area contributed by atoms with E-state index in [0.717, 1.165) is 73.2 Å².